The quantitative estimate of drug-likeness (QED) is 0.789. The number of anilines is 1. The van der Waals surface area contributed by atoms with Crippen molar-refractivity contribution < 1.29 is 9.26 Å². The monoisotopic (exact) mass is 267 g/mol. The van der Waals surface area contributed by atoms with Crippen molar-refractivity contribution in [3.8, 4) is 28.3 Å². The van der Waals surface area contributed by atoms with Crippen LogP contribution in [0.4, 0.5) is 5.82 Å². The molecule has 3 aromatic rings. The van der Waals surface area contributed by atoms with E-state index in [2.05, 4.69) is 10.1 Å². The highest BCUT2D eigenvalue weighted by molar-refractivity contribution is 5.86. The lowest BCUT2D eigenvalue weighted by Crippen LogP contribution is -1.92. The van der Waals surface area contributed by atoms with Gasteiger partial charge >= 0.3 is 0 Å². The molecule has 0 fully saturated rings. The molecule has 0 saturated heterocycles. The zero-order valence-electron chi connectivity index (χ0n) is 10.9. The molecule has 100 valence electrons. The minimum absolute atomic E-state index is 0.310. The van der Waals surface area contributed by atoms with Crippen molar-refractivity contribution in [1.82, 2.24) is 10.1 Å². The van der Waals surface area contributed by atoms with Crippen molar-refractivity contribution in [2.75, 3.05) is 12.8 Å². The van der Waals surface area contributed by atoms with Gasteiger partial charge in [0.05, 0.1) is 23.9 Å². The number of methoxy groups -OCH3 is 1. The summed E-state index contributed by atoms with van der Waals surface area (Å²) in [4.78, 5) is 4.30. The second-order valence-corrected chi connectivity index (χ2v) is 4.19. The Morgan fingerprint density at radius 2 is 1.90 bits per heavy atom. The number of pyridine rings is 1. The van der Waals surface area contributed by atoms with E-state index in [1.807, 2.05) is 42.5 Å². The predicted molar refractivity (Wildman–Crippen MR) is 76.1 cm³/mol. The lowest BCUT2D eigenvalue weighted by Gasteiger charge is -2.06. The Hall–Kier alpha value is -2.82. The molecule has 0 amide bonds. The summed E-state index contributed by atoms with van der Waals surface area (Å²) in [6, 6.07) is 13.1. The summed E-state index contributed by atoms with van der Waals surface area (Å²) in [6.07, 6.45) is 1.70. The first-order chi connectivity index (χ1) is 9.81. The SMILES string of the molecule is COc1ccccc1-c1onc(N)c1-c1ccccn1. The molecule has 1 aromatic carbocycles. The van der Waals surface area contributed by atoms with Crippen LogP contribution in [0, 0.1) is 0 Å². The molecule has 5 heteroatoms. The molecule has 0 aliphatic rings. The standard InChI is InChI=1S/C15H13N3O2/c1-19-12-8-3-2-6-10(12)14-13(15(16)18-20-14)11-7-4-5-9-17-11/h2-9H,1H3,(H2,16,18). The number of aromatic nitrogens is 2. The Morgan fingerprint density at radius 3 is 2.65 bits per heavy atom. The third kappa shape index (κ3) is 1.99. The molecular formula is C15H13N3O2. The fraction of sp³-hybridized carbons (Fsp3) is 0.0667. The number of ether oxygens (including phenoxy) is 1. The Kier molecular flexibility index (Phi) is 3.09. The van der Waals surface area contributed by atoms with E-state index in [0.29, 0.717) is 28.6 Å². The summed E-state index contributed by atoms with van der Waals surface area (Å²) in [5.74, 6) is 1.56. The van der Waals surface area contributed by atoms with E-state index in [1.54, 1.807) is 13.3 Å². The van der Waals surface area contributed by atoms with E-state index in [-0.39, 0.29) is 0 Å². The summed E-state index contributed by atoms with van der Waals surface area (Å²) >= 11 is 0. The molecule has 0 aliphatic heterocycles. The number of nitrogen functional groups attached to an aromatic ring is 1. The number of rotatable bonds is 3. The third-order valence-electron chi connectivity index (χ3n) is 2.99. The van der Waals surface area contributed by atoms with Crippen LogP contribution in [-0.4, -0.2) is 17.3 Å². The van der Waals surface area contributed by atoms with Gasteiger partial charge in [0, 0.05) is 6.20 Å². The Balaban J connectivity index is 2.22. The van der Waals surface area contributed by atoms with E-state index in [4.69, 9.17) is 15.0 Å². The second-order valence-electron chi connectivity index (χ2n) is 4.19. The van der Waals surface area contributed by atoms with Gasteiger partial charge in [0.1, 0.15) is 5.75 Å². The lowest BCUT2D eigenvalue weighted by molar-refractivity contribution is 0.407. The molecule has 0 atom stereocenters. The number of para-hydroxylation sites is 1. The maximum Gasteiger partial charge on any atom is 0.182 e. The summed E-state index contributed by atoms with van der Waals surface area (Å²) in [5.41, 5.74) is 8.10. The highest BCUT2D eigenvalue weighted by Crippen LogP contribution is 2.39. The van der Waals surface area contributed by atoms with Crippen LogP contribution in [0.25, 0.3) is 22.6 Å². The lowest BCUT2D eigenvalue weighted by atomic mass is 10.0. The van der Waals surface area contributed by atoms with Crippen LogP contribution in [0.1, 0.15) is 0 Å². The average molecular weight is 267 g/mol. The average Bonchev–Trinajstić information content (AvgIpc) is 2.89. The second kappa shape index (κ2) is 5.05. The molecule has 3 rings (SSSR count). The molecule has 0 spiro atoms. The van der Waals surface area contributed by atoms with Crippen molar-refractivity contribution in [3.63, 3.8) is 0 Å². The topological polar surface area (TPSA) is 74.2 Å². The van der Waals surface area contributed by atoms with Crippen molar-refractivity contribution in [1.29, 1.82) is 0 Å². The normalized spacial score (nSPS) is 10.4. The fourth-order valence-electron chi connectivity index (χ4n) is 2.08. The van der Waals surface area contributed by atoms with Crippen LogP contribution in [0.5, 0.6) is 5.75 Å². The molecule has 2 N–H and O–H groups in total. The third-order valence-corrected chi connectivity index (χ3v) is 2.99. The number of nitrogens with zero attached hydrogens (tertiary/aromatic N) is 2. The van der Waals surface area contributed by atoms with Gasteiger partial charge in [-0.3, -0.25) is 4.98 Å². The van der Waals surface area contributed by atoms with Gasteiger partial charge in [0.2, 0.25) is 0 Å². The molecule has 2 aromatic heterocycles. The predicted octanol–water partition coefficient (Wildman–Crippen LogP) is 2.99. The molecule has 0 bridgehead atoms. The molecular weight excluding hydrogens is 254 g/mol. The van der Waals surface area contributed by atoms with Crippen LogP contribution in [0.3, 0.4) is 0 Å². The van der Waals surface area contributed by atoms with Crippen molar-refractivity contribution in [2.45, 2.75) is 0 Å². The van der Waals surface area contributed by atoms with E-state index in [0.717, 1.165) is 5.56 Å². The van der Waals surface area contributed by atoms with Crippen LogP contribution >= 0.6 is 0 Å². The molecule has 0 radical (unpaired) electrons. The molecule has 20 heavy (non-hydrogen) atoms. The summed E-state index contributed by atoms with van der Waals surface area (Å²) in [6.45, 7) is 0. The molecule has 0 unspecified atom stereocenters. The first-order valence-electron chi connectivity index (χ1n) is 6.11. The van der Waals surface area contributed by atoms with Crippen molar-refractivity contribution in [3.05, 3.63) is 48.7 Å². The number of hydrogen-bond donors (Lipinski definition) is 1. The summed E-state index contributed by atoms with van der Waals surface area (Å²) in [7, 11) is 1.61. The Labute approximate surface area is 116 Å². The van der Waals surface area contributed by atoms with E-state index >= 15 is 0 Å². The molecule has 0 aliphatic carbocycles. The Morgan fingerprint density at radius 1 is 1.10 bits per heavy atom. The van der Waals surface area contributed by atoms with E-state index in [1.165, 1.54) is 0 Å². The van der Waals surface area contributed by atoms with E-state index < -0.39 is 0 Å². The molecule has 0 saturated carbocycles. The first kappa shape index (κ1) is 12.2. The van der Waals surface area contributed by atoms with Crippen LogP contribution in [-0.2, 0) is 0 Å². The van der Waals surface area contributed by atoms with Gasteiger partial charge in [0.25, 0.3) is 0 Å². The maximum atomic E-state index is 5.92. The minimum Gasteiger partial charge on any atom is -0.496 e. The smallest absolute Gasteiger partial charge is 0.182 e. The van der Waals surface area contributed by atoms with E-state index in [9.17, 15) is 0 Å². The van der Waals surface area contributed by atoms with Gasteiger partial charge in [-0.15, -0.1) is 0 Å². The van der Waals surface area contributed by atoms with Gasteiger partial charge in [-0.05, 0) is 24.3 Å². The Bertz CT molecular complexity index is 723. The zero-order chi connectivity index (χ0) is 13.9. The zero-order valence-corrected chi connectivity index (χ0v) is 10.9. The van der Waals surface area contributed by atoms with Gasteiger partial charge in [-0.1, -0.05) is 23.4 Å². The van der Waals surface area contributed by atoms with Crippen LogP contribution in [0.2, 0.25) is 0 Å². The van der Waals surface area contributed by atoms with Gasteiger partial charge in [-0.2, -0.15) is 0 Å². The number of hydrogen-bond acceptors (Lipinski definition) is 5. The van der Waals surface area contributed by atoms with Crippen molar-refractivity contribution >= 4 is 5.82 Å². The van der Waals surface area contributed by atoms with Crippen LogP contribution in [0.15, 0.2) is 53.2 Å². The van der Waals surface area contributed by atoms with Crippen molar-refractivity contribution in [2.24, 2.45) is 0 Å². The number of nitrogens with two attached hydrogens (primary N) is 1. The molecule has 2 heterocycles. The highest BCUT2D eigenvalue weighted by atomic mass is 16.5. The number of benzene rings is 1. The fourth-order valence-corrected chi connectivity index (χ4v) is 2.08. The summed E-state index contributed by atoms with van der Waals surface area (Å²) in [5, 5.41) is 3.85. The summed E-state index contributed by atoms with van der Waals surface area (Å²) < 4.78 is 10.7. The molecule has 5 nitrogen and oxygen atoms in total. The van der Waals surface area contributed by atoms with Gasteiger partial charge in [-0.25, -0.2) is 0 Å². The first-order valence-corrected chi connectivity index (χ1v) is 6.11. The highest BCUT2D eigenvalue weighted by Gasteiger charge is 2.20. The minimum atomic E-state index is 0.310. The maximum absolute atomic E-state index is 5.92. The van der Waals surface area contributed by atoms with Gasteiger partial charge < -0.3 is 15.0 Å². The van der Waals surface area contributed by atoms with Gasteiger partial charge in [0.15, 0.2) is 11.6 Å². The van der Waals surface area contributed by atoms with Crippen LogP contribution < -0.4 is 10.5 Å². The largest absolute Gasteiger partial charge is 0.496 e.